The van der Waals surface area contributed by atoms with Gasteiger partial charge in [0.25, 0.3) is 0 Å². The fourth-order valence-electron chi connectivity index (χ4n) is 1.26. The fourth-order valence-corrected chi connectivity index (χ4v) is 1.75. The highest BCUT2D eigenvalue weighted by Crippen LogP contribution is 2.19. The minimum atomic E-state index is -1.06. The third kappa shape index (κ3) is 5.23. The van der Waals surface area contributed by atoms with Crippen molar-refractivity contribution in [2.24, 2.45) is 0 Å². The van der Waals surface area contributed by atoms with Crippen LogP contribution in [-0.2, 0) is 4.79 Å². The zero-order valence-corrected chi connectivity index (χ0v) is 10.9. The van der Waals surface area contributed by atoms with Gasteiger partial charge in [-0.2, -0.15) is 11.8 Å². The van der Waals surface area contributed by atoms with E-state index in [4.69, 9.17) is 9.84 Å². The Balaban J connectivity index is 2.59. The van der Waals surface area contributed by atoms with Gasteiger partial charge in [-0.25, -0.2) is 9.18 Å². The lowest BCUT2D eigenvalue weighted by Gasteiger charge is -2.07. The van der Waals surface area contributed by atoms with Crippen molar-refractivity contribution >= 4 is 23.8 Å². The molecule has 0 atom stereocenters. The predicted octanol–water partition coefficient (Wildman–Crippen LogP) is 3.06. The van der Waals surface area contributed by atoms with Crippen molar-refractivity contribution in [3.63, 3.8) is 0 Å². The van der Waals surface area contributed by atoms with Gasteiger partial charge < -0.3 is 9.84 Å². The van der Waals surface area contributed by atoms with E-state index in [2.05, 4.69) is 6.92 Å². The second-order valence-electron chi connectivity index (χ2n) is 3.41. The molecule has 0 heterocycles. The van der Waals surface area contributed by atoms with E-state index in [-0.39, 0.29) is 5.75 Å². The van der Waals surface area contributed by atoms with Gasteiger partial charge in [0, 0.05) is 11.8 Å². The lowest BCUT2D eigenvalue weighted by Crippen LogP contribution is -2.02. The van der Waals surface area contributed by atoms with Gasteiger partial charge in [0.15, 0.2) is 11.6 Å². The summed E-state index contributed by atoms with van der Waals surface area (Å²) in [5.74, 6) is 0.469. The number of benzene rings is 1. The number of rotatable bonds is 7. The molecule has 5 heteroatoms. The summed E-state index contributed by atoms with van der Waals surface area (Å²) in [6.45, 7) is 2.51. The molecular formula is C13H15FO3S. The summed E-state index contributed by atoms with van der Waals surface area (Å²) >= 11 is 1.72. The average molecular weight is 270 g/mol. The van der Waals surface area contributed by atoms with Crippen LogP contribution in [0.15, 0.2) is 24.3 Å². The molecule has 1 N–H and O–H groups in total. The summed E-state index contributed by atoms with van der Waals surface area (Å²) in [6.07, 6.45) is 2.30. The third-order valence-electron chi connectivity index (χ3n) is 2.06. The van der Waals surface area contributed by atoms with Gasteiger partial charge in [-0.05, 0) is 29.5 Å². The van der Waals surface area contributed by atoms with Gasteiger partial charge in [-0.3, -0.25) is 0 Å². The molecule has 1 aromatic rings. The molecular weight excluding hydrogens is 255 g/mol. The van der Waals surface area contributed by atoms with E-state index >= 15 is 0 Å². The smallest absolute Gasteiger partial charge is 0.328 e. The molecule has 0 aliphatic heterocycles. The van der Waals surface area contributed by atoms with Crippen LogP contribution in [-0.4, -0.2) is 29.2 Å². The third-order valence-corrected chi connectivity index (χ3v) is 2.93. The Bertz CT molecular complexity index is 432. The SMILES string of the molecule is CCSCCOc1ccc(/C=C/C(=O)O)cc1F. The van der Waals surface area contributed by atoms with Crippen LogP contribution >= 0.6 is 11.8 Å². The first-order valence-corrected chi connectivity index (χ1v) is 6.70. The molecule has 0 bridgehead atoms. The van der Waals surface area contributed by atoms with Crippen molar-refractivity contribution in [1.82, 2.24) is 0 Å². The predicted molar refractivity (Wildman–Crippen MR) is 71.6 cm³/mol. The zero-order chi connectivity index (χ0) is 13.4. The topological polar surface area (TPSA) is 46.5 Å². The standard InChI is InChI=1S/C13H15FO3S/c1-2-18-8-7-17-12-5-3-10(9-11(12)14)4-6-13(15)16/h3-6,9H,2,7-8H2,1H3,(H,15,16)/b6-4+. The summed E-state index contributed by atoms with van der Waals surface area (Å²) < 4.78 is 18.9. The first kappa shape index (κ1) is 14.6. The molecule has 0 aliphatic carbocycles. The molecule has 18 heavy (non-hydrogen) atoms. The van der Waals surface area contributed by atoms with Crippen molar-refractivity contribution in [1.29, 1.82) is 0 Å². The number of hydrogen-bond donors (Lipinski definition) is 1. The second kappa shape index (κ2) is 7.76. The first-order valence-electron chi connectivity index (χ1n) is 5.54. The number of halogens is 1. The zero-order valence-electron chi connectivity index (χ0n) is 10.1. The van der Waals surface area contributed by atoms with Crippen LogP contribution in [0, 0.1) is 5.82 Å². The van der Waals surface area contributed by atoms with Gasteiger partial charge in [0.2, 0.25) is 0 Å². The molecule has 0 saturated heterocycles. The maximum absolute atomic E-state index is 13.6. The maximum atomic E-state index is 13.6. The van der Waals surface area contributed by atoms with E-state index in [0.29, 0.717) is 12.2 Å². The number of aliphatic carboxylic acids is 1. The van der Waals surface area contributed by atoms with Crippen molar-refractivity contribution in [3.8, 4) is 5.75 Å². The Labute approximate surface area is 110 Å². The molecule has 0 unspecified atom stereocenters. The van der Waals surface area contributed by atoms with Gasteiger partial charge in [0.05, 0.1) is 6.61 Å². The Morgan fingerprint density at radius 2 is 2.33 bits per heavy atom. The molecule has 1 rings (SSSR count). The van der Waals surface area contributed by atoms with E-state index in [1.807, 2.05) is 0 Å². The Morgan fingerprint density at radius 3 is 2.94 bits per heavy atom. The molecule has 0 spiro atoms. The van der Waals surface area contributed by atoms with Gasteiger partial charge in [-0.1, -0.05) is 13.0 Å². The Morgan fingerprint density at radius 1 is 1.56 bits per heavy atom. The summed E-state index contributed by atoms with van der Waals surface area (Å²) in [7, 11) is 0. The van der Waals surface area contributed by atoms with Crippen molar-refractivity contribution in [2.45, 2.75) is 6.92 Å². The second-order valence-corrected chi connectivity index (χ2v) is 4.80. The minimum absolute atomic E-state index is 0.194. The molecule has 0 fully saturated rings. The fraction of sp³-hybridized carbons (Fsp3) is 0.308. The van der Waals surface area contributed by atoms with Gasteiger partial charge >= 0.3 is 5.97 Å². The van der Waals surface area contributed by atoms with Crippen LogP contribution in [0.1, 0.15) is 12.5 Å². The average Bonchev–Trinajstić information content (AvgIpc) is 2.34. The molecule has 0 saturated carbocycles. The molecule has 98 valence electrons. The minimum Gasteiger partial charge on any atom is -0.490 e. The van der Waals surface area contributed by atoms with Crippen LogP contribution in [0.3, 0.4) is 0 Å². The summed E-state index contributed by atoms with van der Waals surface area (Å²) in [4.78, 5) is 10.3. The number of thioether (sulfide) groups is 1. The number of ether oxygens (including phenoxy) is 1. The summed E-state index contributed by atoms with van der Waals surface area (Å²) in [5, 5.41) is 8.46. The van der Waals surface area contributed by atoms with Crippen molar-refractivity contribution in [3.05, 3.63) is 35.7 Å². The number of carboxylic acids is 1. The van der Waals surface area contributed by atoms with Crippen molar-refractivity contribution in [2.75, 3.05) is 18.1 Å². The van der Waals surface area contributed by atoms with Gasteiger partial charge in [-0.15, -0.1) is 0 Å². The lowest BCUT2D eigenvalue weighted by molar-refractivity contribution is -0.131. The molecule has 0 aromatic heterocycles. The molecule has 0 amide bonds. The van der Waals surface area contributed by atoms with Crippen LogP contribution in [0.5, 0.6) is 5.75 Å². The summed E-state index contributed by atoms with van der Waals surface area (Å²) in [5.41, 5.74) is 0.491. The number of carbonyl (C=O) groups is 1. The lowest BCUT2D eigenvalue weighted by atomic mass is 10.2. The monoisotopic (exact) mass is 270 g/mol. The first-order chi connectivity index (χ1) is 8.63. The van der Waals surface area contributed by atoms with E-state index in [9.17, 15) is 9.18 Å². The van der Waals surface area contributed by atoms with Gasteiger partial charge in [0.1, 0.15) is 0 Å². The Hall–Kier alpha value is -1.49. The van der Waals surface area contributed by atoms with E-state index in [1.54, 1.807) is 17.8 Å². The highest BCUT2D eigenvalue weighted by Gasteiger charge is 2.03. The normalized spacial score (nSPS) is 10.8. The van der Waals surface area contributed by atoms with Crippen molar-refractivity contribution < 1.29 is 19.0 Å². The van der Waals surface area contributed by atoms with E-state index < -0.39 is 11.8 Å². The van der Waals surface area contributed by atoms with E-state index in [0.717, 1.165) is 17.6 Å². The molecule has 3 nitrogen and oxygen atoms in total. The number of carboxylic acid groups (broad SMARTS) is 1. The largest absolute Gasteiger partial charge is 0.490 e. The van der Waals surface area contributed by atoms with E-state index in [1.165, 1.54) is 18.2 Å². The highest BCUT2D eigenvalue weighted by atomic mass is 32.2. The van der Waals surface area contributed by atoms with Crippen LogP contribution in [0.4, 0.5) is 4.39 Å². The summed E-state index contributed by atoms with van der Waals surface area (Å²) in [6, 6.07) is 4.38. The van der Waals surface area contributed by atoms with Crippen LogP contribution in [0.25, 0.3) is 6.08 Å². The van der Waals surface area contributed by atoms with Crippen LogP contribution < -0.4 is 4.74 Å². The Kier molecular flexibility index (Phi) is 6.28. The molecule has 0 aliphatic rings. The quantitative estimate of drug-likeness (QED) is 0.611. The molecule has 1 aromatic carbocycles. The maximum Gasteiger partial charge on any atom is 0.328 e. The highest BCUT2D eigenvalue weighted by molar-refractivity contribution is 7.99. The van der Waals surface area contributed by atoms with Crippen LogP contribution in [0.2, 0.25) is 0 Å². The molecule has 0 radical (unpaired) electrons. The number of hydrogen-bond acceptors (Lipinski definition) is 3.